The summed E-state index contributed by atoms with van der Waals surface area (Å²) in [6.07, 6.45) is 2.10. The number of nitrogens with zero attached hydrogens (tertiary/aromatic N) is 4. The number of hydrogen-bond acceptors (Lipinski definition) is 5. The van der Waals surface area contributed by atoms with E-state index in [4.69, 9.17) is 0 Å². The summed E-state index contributed by atoms with van der Waals surface area (Å²) in [7, 11) is 0. The lowest BCUT2D eigenvalue weighted by atomic mass is 10.1. The Hall–Kier alpha value is -2.28. The minimum Gasteiger partial charge on any atom is -0.390 e. The number of aryl methyl sites for hydroxylation is 1. The molecule has 0 amide bonds. The molecule has 0 unspecified atom stereocenters. The lowest BCUT2D eigenvalue weighted by molar-refractivity contribution is -0.384. The van der Waals surface area contributed by atoms with Gasteiger partial charge in [-0.3, -0.25) is 14.8 Å². The van der Waals surface area contributed by atoms with Crippen LogP contribution in [0.2, 0.25) is 0 Å². The molecule has 0 bridgehead atoms. The van der Waals surface area contributed by atoms with Crippen molar-refractivity contribution in [3.05, 3.63) is 40.7 Å². The summed E-state index contributed by atoms with van der Waals surface area (Å²) >= 11 is 0. The van der Waals surface area contributed by atoms with Gasteiger partial charge in [0, 0.05) is 24.2 Å². The molecule has 0 atom stereocenters. The van der Waals surface area contributed by atoms with Crippen LogP contribution in [0.4, 0.5) is 5.69 Å². The maximum atomic E-state index is 10.7. The molecule has 1 aromatic heterocycles. The normalized spacial score (nSPS) is 11.6. The zero-order valence-corrected chi connectivity index (χ0v) is 11.4. The predicted molar refractivity (Wildman–Crippen MR) is 73.0 cm³/mol. The molecular formula is C13H16N4O3. The number of nitro benzene ring substituents is 1. The number of non-ortho nitro benzene ring substituents is 1. The van der Waals surface area contributed by atoms with Crippen molar-refractivity contribution in [3.63, 3.8) is 0 Å². The van der Waals surface area contributed by atoms with Crippen LogP contribution in [0.5, 0.6) is 0 Å². The van der Waals surface area contributed by atoms with Crippen LogP contribution in [-0.4, -0.2) is 30.4 Å². The molecule has 1 heterocycles. The smallest absolute Gasteiger partial charge is 0.270 e. The van der Waals surface area contributed by atoms with Crippen LogP contribution in [0.25, 0.3) is 11.4 Å². The average molecular weight is 276 g/mol. The highest BCUT2D eigenvalue weighted by Crippen LogP contribution is 2.20. The summed E-state index contributed by atoms with van der Waals surface area (Å²) in [5.41, 5.74) is -0.158. The van der Waals surface area contributed by atoms with Crippen LogP contribution in [0, 0.1) is 10.1 Å². The highest BCUT2D eigenvalue weighted by Gasteiger charge is 2.14. The maximum Gasteiger partial charge on any atom is 0.270 e. The van der Waals surface area contributed by atoms with E-state index in [0.29, 0.717) is 24.4 Å². The first-order chi connectivity index (χ1) is 9.35. The second-order valence-corrected chi connectivity index (χ2v) is 5.20. The first-order valence-electron chi connectivity index (χ1n) is 6.22. The molecule has 0 spiro atoms. The van der Waals surface area contributed by atoms with Crippen molar-refractivity contribution in [1.29, 1.82) is 0 Å². The van der Waals surface area contributed by atoms with E-state index in [0.717, 1.165) is 0 Å². The lowest BCUT2D eigenvalue weighted by Crippen LogP contribution is -2.21. The Morgan fingerprint density at radius 3 is 2.85 bits per heavy atom. The predicted octanol–water partition coefficient (Wildman–Crippen LogP) is 2.01. The second kappa shape index (κ2) is 5.38. The van der Waals surface area contributed by atoms with Gasteiger partial charge in [0.1, 0.15) is 6.33 Å². The minimum absolute atomic E-state index is 0.00958. The number of aromatic nitrogens is 3. The summed E-state index contributed by atoms with van der Waals surface area (Å²) in [6.45, 7) is 3.99. The van der Waals surface area contributed by atoms with E-state index in [9.17, 15) is 15.2 Å². The fourth-order valence-electron chi connectivity index (χ4n) is 1.68. The first kappa shape index (κ1) is 14.1. The number of rotatable bonds is 5. The summed E-state index contributed by atoms with van der Waals surface area (Å²) < 4.78 is 1.62. The van der Waals surface area contributed by atoms with Gasteiger partial charge in [0.25, 0.3) is 5.69 Å². The molecule has 2 rings (SSSR count). The van der Waals surface area contributed by atoms with Gasteiger partial charge in [0.2, 0.25) is 0 Å². The number of nitro groups is 1. The van der Waals surface area contributed by atoms with Crippen molar-refractivity contribution in [3.8, 4) is 11.4 Å². The van der Waals surface area contributed by atoms with E-state index in [1.807, 2.05) is 0 Å². The van der Waals surface area contributed by atoms with Crippen molar-refractivity contribution in [2.24, 2.45) is 0 Å². The van der Waals surface area contributed by atoms with Crippen LogP contribution in [0.3, 0.4) is 0 Å². The fraction of sp³-hybridized carbons (Fsp3) is 0.385. The van der Waals surface area contributed by atoms with Crippen molar-refractivity contribution >= 4 is 5.69 Å². The third-order valence-corrected chi connectivity index (χ3v) is 2.80. The van der Waals surface area contributed by atoms with Gasteiger partial charge in [-0.25, -0.2) is 4.98 Å². The molecule has 0 radical (unpaired) electrons. The van der Waals surface area contributed by atoms with E-state index in [-0.39, 0.29) is 5.69 Å². The summed E-state index contributed by atoms with van der Waals surface area (Å²) in [4.78, 5) is 14.4. The molecule has 0 aliphatic heterocycles. The molecule has 0 saturated heterocycles. The number of hydrogen-bond donors (Lipinski definition) is 1. The number of aliphatic hydroxyl groups is 1. The topological polar surface area (TPSA) is 94.1 Å². The Kier molecular flexibility index (Phi) is 3.80. The highest BCUT2D eigenvalue weighted by molar-refractivity contribution is 5.58. The Bertz CT molecular complexity index is 616. The third-order valence-electron chi connectivity index (χ3n) is 2.80. The van der Waals surface area contributed by atoms with Crippen LogP contribution in [0.1, 0.15) is 20.3 Å². The monoisotopic (exact) mass is 276 g/mol. The molecular weight excluding hydrogens is 260 g/mol. The minimum atomic E-state index is -0.766. The Morgan fingerprint density at radius 2 is 2.20 bits per heavy atom. The Morgan fingerprint density at radius 1 is 1.45 bits per heavy atom. The largest absolute Gasteiger partial charge is 0.390 e. The maximum absolute atomic E-state index is 10.7. The Labute approximate surface area is 116 Å². The molecule has 1 aromatic carbocycles. The molecule has 0 aliphatic carbocycles. The second-order valence-electron chi connectivity index (χ2n) is 5.20. The molecule has 7 heteroatoms. The van der Waals surface area contributed by atoms with Gasteiger partial charge in [0.15, 0.2) is 5.82 Å². The molecule has 0 saturated carbocycles. The lowest BCUT2D eigenvalue weighted by Gasteiger charge is -2.15. The number of benzene rings is 1. The highest BCUT2D eigenvalue weighted by atomic mass is 16.6. The van der Waals surface area contributed by atoms with Crippen LogP contribution >= 0.6 is 0 Å². The molecule has 0 fully saturated rings. The molecule has 1 N–H and O–H groups in total. The SMILES string of the molecule is CC(C)(O)CCn1cnc(-c2cccc([N+](=O)[O-])c2)n1. The summed E-state index contributed by atoms with van der Waals surface area (Å²) in [5.74, 6) is 0.435. The Balaban J connectivity index is 2.16. The van der Waals surface area contributed by atoms with E-state index in [1.54, 1.807) is 37.0 Å². The van der Waals surface area contributed by atoms with Crippen LogP contribution in [0.15, 0.2) is 30.6 Å². The molecule has 7 nitrogen and oxygen atoms in total. The first-order valence-corrected chi connectivity index (χ1v) is 6.22. The van der Waals surface area contributed by atoms with Crippen molar-refractivity contribution in [1.82, 2.24) is 14.8 Å². The van der Waals surface area contributed by atoms with Gasteiger partial charge in [-0.2, -0.15) is 5.10 Å². The zero-order chi connectivity index (χ0) is 14.8. The summed E-state index contributed by atoms with van der Waals surface area (Å²) in [5, 5.41) is 24.7. The van der Waals surface area contributed by atoms with E-state index >= 15 is 0 Å². The molecule has 106 valence electrons. The zero-order valence-electron chi connectivity index (χ0n) is 11.4. The van der Waals surface area contributed by atoms with Crippen molar-refractivity contribution in [2.75, 3.05) is 0 Å². The van der Waals surface area contributed by atoms with Crippen LogP contribution in [-0.2, 0) is 6.54 Å². The van der Waals surface area contributed by atoms with Gasteiger partial charge in [-0.05, 0) is 20.3 Å². The van der Waals surface area contributed by atoms with Gasteiger partial charge in [0.05, 0.1) is 10.5 Å². The van der Waals surface area contributed by atoms with E-state index < -0.39 is 10.5 Å². The quantitative estimate of drug-likeness (QED) is 0.666. The molecule has 0 aliphatic rings. The van der Waals surface area contributed by atoms with E-state index in [1.165, 1.54) is 12.1 Å². The fourth-order valence-corrected chi connectivity index (χ4v) is 1.68. The molecule has 20 heavy (non-hydrogen) atoms. The van der Waals surface area contributed by atoms with E-state index in [2.05, 4.69) is 10.1 Å². The van der Waals surface area contributed by atoms with Crippen LogP contribution < -0.4 is 0 Å². The average Bonchev–Trinajstić information content (AvgIpc) is 2.84. The standard InChI is InChI=1S/C13H16N4O3/c1-13(2,18)6-7-16-9-14-12(15-16)10-4-3-5-11(8-10)17(19)20/h3-5,8-9,18H,6-7H2,1-2H3. The molecule has 2 aromatic rings. The van der Waals surface area contributed by atoms with Gasteiger partial charge < -0.3 is 5.11 Å². The third kappa shape index (κ3) is 3.61. The van der Waals surface area contributed by atoms with Crippen molar-refractivity contribution in [2.45, 2.75) is 32.4 Å². The van der Waals surface area contributed by atoms with Gasteiger partial charge in [-0.15, -0.1) is 0 Å². The van der Waals surface area contributed by atoms with Crippen molar-refractivity contribution < 1.29 is 10.0 Å². The van der Waals surface area contributed by atoms with Gasteiger partial charge in [-0.1, -0.05) is 12.1 Å². The van der Waals surface area contributed by atoms with Gasteiger partial charge >= 0.3 is 0 Å². The summed E-state index contributed by atoms with van der Waals surface area (Å²) in [6, 6.07) is 6.19.